The first-order valence-corrected chi connectivity index (χ1v) is 12.3. The number of hydrogen-bond acceptors (Lipinski definition) is 5. The van der Waals surface area contributed by atoms with E-state index >= 15 is 0 Å². The fourth-order valence-corrected chi connectivity index (χ4v) is 4.23. The number of carbonyl (C=O) groups is 2. The Balaban J connectivity index is 1.75. The largest absolute Gasteiger partial charge is 0.573 e. The van der Waals surface area contributed by atoms with Gasteiger partial charge in [0.05, 0.1) is 6.61 Å². The number of para-hydroxylation sites is 1. The van der Waals surface area contributed by atoms with E-state index in [9.17, 15) is 14.1 Å². The van der Waals surface area contributed by atoms with Crippen molar-refractivity contribution in [1.82, 2.24) is 14.3 Å². The Morgan fingerprint density at radius 3 is 2.52 bits per heavy atom. The number of benzene rings is 1. The van der Waals surface area contributed by atoms with E-state index in [1.165, 1.54) is 10.5 Å². The van der Waals surface area contributed by atoms with Crippen LogP contribution in [-0.4, -0.2) is 47.5 Å². The molecule has 8 heteroatoms. The van der Waals surface area contributed by atoms with Crippen molar-refractivity contribution in [2.45, 2.75) is 65.2 Å². The third-order valence-corrected chi connectivity index (χ3v) is 6.30. The molecule has 31 heavy (non-hydrogen) atoms. The lowest BCUT2D eigenvalue weighted by Gasteiger charge is -2.32. The molecule has 7 nitrogen and oxygen atoms in total. The molecule has 1 unspecified atom stereocenters. The summed E-state index contributed by atoms with van der Waals surface area (Å²) in [6.07, 6.45) is 4.51. The quantitative estimate of drug-likeness (QED) is 0.342. The number of carbonyl (C=O) groups excluding carboxylic acids is 2. The van der Waals surface area contributed by atoms with Crippen LogP contribution >= 0.6 is 0 Å². The van der Waals surface area contributed by atoms with Gasteiger partial charge in [-0.25, -0.2) is 0 Å². The number of unbranched alkanes of at least 4 members (excludes halogenated alkanes) is 2. The molecule has 1 heterocycles. The van der Waals surface area contributed by atoms with Crippen LogP contribution in [0, 0.1) is 5.92 Å². The highest BCUT2D eigenvalue weighted by Crippen LogP contribution is 2.31. The van der Waals surface area contributed by atoms with Crippen LogP contribution in [0.5, 0.6) is 5.75 Å². The molecule has 0 aromatic heterocycles. The van der Waals surface area contributed by atoms with Crippen molar-refractivity contribution >= 4 is 23.4 Å². The maximum atomic E-state index is 12.4. The molecule has 1 aliphatic rings. The maximum absolute atomic E-state index is 12.4. The summed E-state index contributed by atoms with van der Waals surface area (Å²) in [5.74, 6) is -0.215. The number of rotatable bonds is 9. The van der Waals surface area contributed by atoms with Crippen LogP contribution < -0.4 is 14.2 Å². The number of hydrogen-bond donors (Lipinski definition) is 2. The SMILES string of the molecule is CCCCCN[S+]([O-])NC(=O)C(=O)N1CCC(COc2ccccc2C(C)(C)C)CC1. The molecule has 0 bridgehead atoms. The highest BCUT2D eigenvalue weighted by atomic mass is 32.2. The number of piperidine rings is 1. The highest BCUT2D eigenvalue weighted by Gasteiger charge is 2.30. The maximum Gasteiger partial charge on any atom is 0.351 e. The first-order chi connectivity index (χ1) is 14.7. The number of nitrogens with zero attached hydrogens (tertiary/aromatic N) is 1. The van der Waals surface area contributed by atoms with Crippen LogP contribution in [0.2, 0.25) is 0 Å². The van der Waals surface area contributed by atoms with E-state index in [2.05, 4.69) is 43.2 Å². The smallest absolute Gasteiger partial charge is 0.351 e. The van der Waals surface area contributed by atoms with E-state index in [4.69, 9.17) is 4.74 Å². The second-order valence-corrected chi connectivity index (χ2v) is 10.1. The molecule has 0 spiro atoms. The summed E-state index contributed by atoms with van der Waals surface area (Å²) in [5, 5.41) is 0. The summed E-state index contributed by atoms with van der Waals surface area (Å²) >= 11 is -1.74. The Kier molecular flexibility index (Phi) is 10.1. The lowest BCUT2D eigenvalue weighted by Crippen LogP contribution is -2.50. The normalized spacial score (nSPS) is 16.1. The fraction of sp³-hybridized carbons (Fsp3) is 0.652. The molecular formula is C23H37N3O4S. The van der Waals surface area contributed by atoms with Crippen LogP contribution in [0.25, 0.3) is 0 Å². The lowest BCUT2D eigenvalue weighted by molar-refractivity contribution is -0.145. The van der Waals surface area contributed by atoms with E-state index in [-0.39, 0.29) is 5.41 Å². The van der Waals surface area contributed by atoms with Gasteiger partial charge in [0.15, 0.2) is 11.5 Å². The zero-order valence-corrected chi connectivity index (χ0v) is 20.1. The van der Waals surface area contributed by atoms with Crippen LogP contribution in [0.3, 0.4) is 0 Å². The van der Waals surface area contributed by atoms with Crippen molar-refractivity contribution < 1.29 is 18.9 Å². The van der Waals surface area contributed by atoms with Crippen LogP contribution in [-0.2, 0) is 26.6 Å². The van der Waals surface area contributed by atoms with E-state index < -0.39 is 23.4 Å². The van der Waals surface area contributed by atoms with Gasteiger partial charge < -0.3 is 14.2 Å². The predicted octanol–water partition coefficient (Wildman–Crippen LogP) is 3.08. The Hall–Kier alpha value is -1.77. The van der Waals surface area contributed by atoms with E-state index in [0.29, 0.717) is 32.2 Å². The van der Waals surface area contributed by atoms with Gasteiger partial charge in [0, 0.05) is 19.6 Å². The van der Waals surface area contributed by atoms with Gasteiger partial charge in [0.2, 0.25) is 0 Å². The van der Waals surface area contributed by atoms with Crippen LogP contribution in [0.1, 0.15) is 65.4 Å². The topological polar surface area (TPSA) is 93.7 Å². The van der Waals surface area contributed by atoms with Gasteiger partial charge in [-0.05, 0) is 42.2 Å². The summed E-state index contributed by atoms with van der Waals surface area (Å²) < 4.78 is 22.9. The summed E-state index contributed by atoms with van der Waals surface area (Å²) in [5.41, 5.74) is 1.18. The van der Waals surface area contributed by atoms with E-state index in [1.807, 2.05) is 18.2 Å². The van der Waals surface area contributed by atoms with Gasteiger partial charge in [0.25, 0.3) is 0 Å². The van der Waals surface area contributed by atoms with E-state index in [0.717, 1.165) is 37.9 Å². The fourth-order valence-electron chi connectivity index (χ4n) is 3.57. The van der Waals surface area contributed by atoms with Gasteiger partial charge in [-0.15, -0.1) is 9.44 Å². The summed E-state index contributed by atoms with van der Waals surface area (Å²) in [6, 6.07) is 8.10. The number of ether oxygens (including phenoxy) is 1. The Morgan fingerprint density at radius 2 is 1.87 bits per heavy atom. The number of nitrogens with one attached hydrogen (secondary N) is 2. The Bertz CT molecular complexity index is 715. The molecule has 0 aliphatic carbocycles. The summed E-state index contributed by atoms with van der Waals surface area (Å²) in [6.45, 7) is 10.7. The molecule has 1 aromatic carbocycles. The molecule has 1 aliphatic heterocycles. The predicted molar refractivity (Wildman–Crippen MR) is 124 cm³/mol. The third-order valence-electron chi connectivity index (χ3n) is 5.46. The minimum absolute atomic E-state index is 0.00464. The molecule has 1 atom stereocenters. The van der Waals surface area contributed by atoms with Crippen molar-refractivity contribution in [2.24, 2.45) is 5.92 Å². The van der Waals surface area contributed by atoms with Crippen molar-refractivity contribution in [3.8, 4) is 5.75 Å². The average molecular weight is 452 g/mol. The molecule has 0 saturated carbocycles. The van der Waals surface area contributed by atoms with Crippen LogP contribution in [0.15, 0.2) is 24.3 Å². The Labute approximate surface area is 189 Å². The second kappa shape index (κ2) is 12.3. The number of likely N-dealkylation sites (tertiary alicyclic amines) is 1. The molecule has 174 valence electrons. The highest BCUT2D eigenvalue weighted by molar-refractivity contribution is 7.88. The standard InChI is InChI=1S/C23H37N3O4S/c1-5-6-9-14-24-31(29)25-21(27)22(28)26-15-12-18(13-16-26)17-30-20-11-8-7-10-19(20)23(2,3)4/h7-8,10-11,18,24H,5-6,9,12-17H2,1-4H3,(H,25,27). The van der Waals surface area contributed by atoms with E-state index in [1.54, 1.807) is 0 Å². The van der Waals surface area contributed by atoms with Gasteiger partial charge in [0.1, 0.15) is 5.75 Å². The monoisotopic (exact) mass is 451 g/mol. The molecule has 1 aromatic rings. The van der Waals surface area contributed by atoms with Crippen molar-refractivity contribution in [1.29, 1.82) is 0 Å². The molecule has 2 amide bonds. The van der Waals surface area contributed by atoms with Crippen molar-refractivity contribution in [2.75, 3.05) is 26.2 Å². The van der Waals surface area contributed by atoms with Crippen molar-refractivity contribution in [3.63, 3.8) is 0 Å². The third kappa shape index (κ3) is 8.35. The van der Waals surface area contributed by atoms with Gasteiger partial charge in [-0.2, -0.15) is 0 Å². The summed E-state index contributed by atoms with van der Waals surface area (Å²) in [4.78, 5) is 26.0. The molecule has 0 radical (unpaired) electrons. The first kappa shape index (κ1) is 25.5. The zero-order valence-electron chi connectivity index (χ0n) is 19.2. The van der Waals surface area contributed by atoms with Gasteiger partial charge in [-0.1, -0.05) is 58.7 Å². The van der Waals surface area contributed by atoms with Gasteiger partial charge >= 0.3 is 11.8 Å². The lowest BCUT2D eigenvalue weighted by atomic mass is 9.86. The first-order valence-electron chi connectivity index (χ1n) is 11.2. The molecule has 2 rings (SSSR count). The molecule has 1 fully saturated rings. The van der Waals surface area contributed by atoms with Crippen LogP contribution in [0.4, 0.5) is 0 Å². The average Bonchev–Trinajstić information content (AvgIpc) is 2.74. The molecular weight excluding hydrogens is 414 g/mol. The number of amides is 2. The minimum atomic E-state index is -1.74. The minimum Gasteiger partial charge on any atom is -0.573 e. The molecule has 1 saturated heterocycles. The zero-order chi connectivity index (χ0) is 22.9. The van der Waals surface area contributed by atoms with Crippen molar-refractivity contribution in [3.05, 3.63) is 29.8 Å². The summed E-state index contributed by atoms with van der Waals surface area (Å²) in [7, 11) is 0. The Morgan fingerprint density at radius 1 is 1.19 bits per heavy atom. The second-order valence-electron chi connectivity index (χ2n) is 9.09. The molecule has 2 N–H and O–H groups in total. The van der Waals surface area contributed by atoms with Gasteiger partial charge in [-0.3, -0.25) is 9.59 Å².